The average molecular weight is 303 g/mol. The van der Waals surface area contributed by atoms with Crippen molar-refractivity contribution < 1.29 is 9.47 Å². The van der Waals surface area contributed by atoms with Crippen LogP contribution < -0.4 is 10.6 Å². The van der Waals surface area contributed by atoms with Crippen molar-refractivity contribution in [2.24, 2.45) is 0 Å². The zero-order chi connectivity index (χ0) is 12.7. The van der Waals surface area contributed by atoms with E-state index in [2.05, 4.69) is 20.8 Å². The van der Waals surface area contributed by atoms with Gasteiger partial charge in [-0.25, -0.2) is 0 Å². The number of ether oxygens (including phenoxy) is 2. The van der Waals surface area contributed by atoms with Gasteiger partial charge in [0.1, 0.15) is 0 Å². The van der Waals surface area contributed by atoms with Crippen LogP contribution in [0, 0.1) is 0 Å². The van der Waals surface area contributed by atoms with Gasteiger partial charge in [-0.1, -0.05) is 15.9 Å². The second-order valence-corrected chi connectivity index (χ2v) is 4.65. The number of hydrogen-bond acceptors (Lipinski definition) is 4. The number of likely N-dealkylation sites (N-methyl/N-ethyl adjacent to an activating group) is 1. The van der Waals surface area contributed by atoms with Crippen LogP contribution in [0.15, 0.2) is 22.7 Å². The van der Waals surface area contributed by atoms with Crippen LogP contribution >= 0.6 is 15.9 Å². The van der Waals surface area contributed by atoms with Crippen LogP contribution in [0.4, 0.5) is 11.4 Å². The molecule has 1 aromatic carbocycles. The number of methoxy groups -OCH3 is 1. The largest absolute Gasteiger partial charge is 0.397 e. The highest BCUT2D eigenvalue weighted by Gasteiger charge is 2.05. The Bertz CT molecular complexity index is 347. The molecule has 0 atom stereocenters. The van der Waals surface area contributed by atoms with E-state index in [9.17, 15) is 0 Å². The fourth-order valence-electron chi connectivity index (χ4n) is 1.44. The molecule has 0 amide bonds. The lowest BCUT2D eigenvalue weighted by atomic mass is 10.2. The molecule has 0 aliphatic rings. The van der Waals surface area contributed by atoms with Gasteiger partial charge in [0.05, 0.1) is 31.2 Å². The number of nitrogen functional groups attached to an aromatic ring is 1. The molecule has 1 aromatic rings. The first kappa shape index (κ1) is 14.3. The molecule has 0 aromatic heterocycles. The van der Waals surface area contributed by atoms with E-state index >= 15 is 0 Å². The van der Waals surface area contributed by atoms with E-state index in [0.717, 1.165) is 22.4 Å². The maximum absolute atomic E-state index is 5.94. The normalized spacial score (nSPS) is 10.5. The summed E-state index contributed by atoms with van der Waals surface area (Å²) < 4.78 is 11.3. The van der Waals surface area contributed by atoms with Crippen molar-refractivity contribution >= 4 is 27.3 Å². The summed E-state index contributed by atoms with van der Waals surface area (Å²) in [5, 5.41) is 0. The molecular weight excluding hydrogens is 284 g/mol. The summed E-state index contributed by atoms with van der Waals surface area (Å²) in [6.45, 7) is 2.72. The maximum Gasteiger partial charge on any atom is 0.0701 e. The van der Waals surface area contributed by atoms with Crippen LogP contribution in [-0.4, -0.2) is 40.5 Å². The summed E-state index contributed by atoms with van der Waals surface area (Å²) in [7, 11) is 3.66. The van der Waals surface area contributed by atoms with Gasteiger partial charge in [-0.3, -0.25) is 0 Å². The molecule has 0 aliphatic carbocycles. The van der Waals surface area contributed by atoms with Crippen molar-refractivity contribution in [1.29, 1.82) is 0 Å². The highest BCUT2D eigenvalue weighted by atomic mass is 79.9. The van der Waals surface area contributed by atoms with Gasteiger partial charge < -0.3 is 20.1 Å². The number of hydrogen-bond donors (Lipinski definition) is 1. The molecule has 0 fully saturated rings. The number of benzene rings is 1. The van der Waals surface area contributed by atoms with Crippen molar-refractivity contribution in [3.05, 3.63) is 22.7 Å². The molecule has 0 spiro atoms. The van der Waals surface area contributed by atoms with Crippen molar-refractivity contribution in [2.75, 3.05) is 51.2 Å². The van der Waals surface area contributed by atoms with Gasteiger partial charge in [0, 0.05) is 25.2 Å². The van der Waals surface area contributed by atoms with Gasteiger partial charge in [-0.05, 0) is 18.2 Å². The van der Waals surface area contributed by atoms with Crippen LogP contribution in [0.1, 0.15) is 0 Å². The number of rotatable bonds is 7. The predicted octanol–water partition coefficient (Wildman–Crippen LogP) is 2.13. The van der Waals surface area contributed by atoms with Gasteiger partial charge >= 0.3 is 0 Å². The summed E-state index contributed by atoms with van der Waals surface area (Å²) in [6, 6.07) is 5.88. The molecule has 5 heteroatoms. The first-order valence-electron chi connectivity index (χ1n) is 5.48. The van der Waals surface area contributed by atoms with Crippen LogP contribution in [-0.2, 0) is 9.47 Å². The van der Waals surface area contributed by atoms with Crippen molar-refractivity contribution in [2.45, 2.75) is 0 Å². The Morgan fingerprint density at radius 2 is 2.06 bits per heavy atom. The lowest BCUT2D eigenvalue weighted by Crippen LogP contribution is -2.24. The van der Waals surface area contributed by atoms with Crippen LogP contribution in [0.3, 0.4) is 0 Å². The highest BCUT2D eigenvalue weighted by molar-refractivity contribution is 9.10. The minimum atomic E-state index is 0.625. The van der Waals surface area contributed by atoms with Gasteiger partial charge in [0.15, 0.2) is 0 Å². The second-order valence-electron chi connectivity index (χ2n) is 3.73. The summed E-state index contributed by atoms with van der Waals surface area (Å²) in [5.41, 5.74) is 7.72. The Labute approximate surface area is 111 Å². The van der Waals surface area contributed by atoms with Gasteiger partial charge in [-0.15, -0.1) is 0 Å². The Morgan fingerprint density at radius 3 is 2.71 bits per heavy atom. The number of halogens is 1. The quantitative estimate of drug-likeness (QED) is 0.619. The van der Waals surface area contributed by atoms with E-state index < -0.39 is 0 Å². The Kier molecular flexibility index (Phi) is 6.32. The molecule has 2 N–H and O–H groups in total. The van der Waals surface area contributed by atoms with Gasteiger partial charge in [-0.2, -0.15) is 0 Å². The first-order chi connectivity index (χ1) is 8.15. The molecule has 96 valence electrons. The standard InChI is InChI=1S/C12H19BrN2O2/c1-15(5-6-17-8-7-16-2)12-4-3-10(13)9-11(12)14/h3-4,9H,5-8,14H2,1-2H3. The second kappa shape index (κ2) is 7.53. The van der Waals surface area contributed by atoms with Crippen LogP contribution in [0.5, 0.6) is 0 Å². The van der Waals surface area contributed by atoms with E-state index in [1.807, 2.05) is 25.2 Å². The minimum Gasteiger partial charge on any atom is -0.397 e. The Hall–Kier alpha value is -0.780. The smallest absolute Gasteiger partial charge is 0.0701 e. The Morgan fingerprint density at radius 1 is 1.29 bits per heavy atom. The highest BCUT2D eigenvalue weighted by Crippen LogP contribution is 2.25. The van der Waals surface area contributed by atoms with E-state index in [-0.39, 0.29) is 0 Å². The van der Waals surface area contributed by atoms with Gasteiger partial charge in [0.25, 0.3) is 0 Å². The van der Waals surface area contributed by atoms with Gasteiger partial charge in [0.2, 0.25) is 0 Å². The van der Waals surface area contributed by atoms with Crippen LogP contribution in [0.25, 0.3) is 0 Å². The molecule has 0 radical (unpaired) electrons. The monoisotopic (exact) mass is 302 g/mol. The summed E-state index contributed by atoms with van der Waals surface area (Å²) >= 11 is 3.39. The zero-order valence-electron chi connectivity index (χ0n) is 10.3. The van der Waals surface area contributed by atoms with Crippen molar-refractivity contribution in [3.8, 4) is 0 Å². The zero-order valence-corrected chi connectivity index (χ0v) is 11.9. The number of nitrogens with two attached hydrogens (primary N) is 1. The molecule has 1 rings (SSSR count). The minimum absolute atomic E-state index is 0.625. The maximum atomic E-state index is 5.94. The van der Waals surface area contributed by atoms with E-state index in [1.165, 1.54) is 0 Å². The third-order valence-electron chi connectivity index (χ3n) is 2.40. The van der Waals surface area contributed by atoms with E-state index in [1.54, 1.807) is 7.11 Å². The fraction of sp³-hybridized carbons (Fsp3) is 0.500. The van der Waals surface area contributed by atoms with Crippen molar-refractivity contribution in [3.63, 3.8) is 0 Å². The SMILES string of the molecule is COCCOCCN(C)c1ccc(Br)cc1N. The molecule has 0 unspecified atom stereocenters. The molecular formula is C12H19BrN2O2. The fourth-order valence-corrected chi connectivity index (χ4v) is 1.82. The lowest BCUT2D eigenvalue weighted by molar-refractivity contribution is 0.0744. The third kappa shape index (κ3) is 4.93. The Balaban J connectivity index is 2.38. The first-order valence-corrected chi connectivity index (χ1v) is 6.27. The summed E-state index contributed by atoms with van der Waals surface area (Å²) in [6.07, 6.45) is 0. The average Bonchev–Trinajstić information content (AvgIpc) is 2.28. The lowest BCUT2D eigenvalue weighted by Gasteiger charge is -2.21. The van der Waals surface area contributed by atoms with Crippen LogP contribution in [0.2, 0.25) is 0 Å². The molecule has 17 heavy (non-hydrogen) atoms. The molecule has 0 saturated carbocycles. The number of anilines is 2. The van der Waals surface area contributed by atoms with Crippen molar-refractivity contribution in [1.82, 2.24) is 0 Å². The molecule has 0 saturated heterocycles. The van der Waals surface area contributed by atoms with E-state index in [0.29, 0.717) is 19.8 Å². The molecule has 0 aliphatic heterocycles. The topological polar surface area (TPSA) is 47.7 Å². The third-order valence-corrected chi connectivity index (χ3v) is 2.90. The molecule has 4 nitrogen and oxygen atoms in total. The summed E-state index contributed by atoms with van der Waals surface area (Å²) in [5.74, 6) is 0. The molecule has 0 bridgehead atoms. The number of nitrogens with zero attached hydrogens (tertiary/aromatic N) is 1. The predicted molar refractivity (Wildman–Crippen MR) is 74.5 cm³/mol. The van der Waals surface area contributed by atoms with E-state index in [4.69, 9.17) is 15.2 Å². The summed E-state index contributed by atoms with van der Waals surface area (Å²) in [4.78, 5) is 2.08. The molecule has 0 heterocycles.